The van der Waals surface area contributed by atoms with Crippen LogP contribution >= 0.6 is 11.6 Å². The number of aromatic hydroxyl groups is 1. The number of carbonyl (C=O) groups is 1. The maximum absolute atomic E-state index is 11.7. The quantitative estimate of drug-likeness (QED) is 0.740. The second kappa shape index (κ2) is 9.14. The molecule has 5 heteroatoms. The van der Waals surface area contributed by atoms with Crippen LogP contribution in [-0.4, -0.2) is 36.6 Å². The summed E-state index contributed by atoms with van der Waals surface area (Å²) in [5.74, 6) is 1.07. The fourth-order valence-electron chi connectivity index (χ4n) is 2.92. The molecular formula is C22H28ClNO3. The molecule has 0 saturated carbocycles. The molecule has 0 aliphatic carbocycles. The van der Waals surface area contributed by atoms with Crippen molar-refractivity contribution in [2.24, 2.45) is 0 Å². The zero-order valence-electron chi connectivity index (χ0n) is 16.7. The molecule has 0 heterocycles. The monoisotopic (exact) mass is 389 g/mol. The van der Waals surface area contributed by atoms with Gasteiger partial charge in [-0.2, -0.15) is 0 Å². The molecule has 0 atom stereocenters. The zero-order chi connectivity index (χ0) is 20.1. The predicted molar refractivity (Wildman–Crippen MR) is 110 cm³/mol. The van der Waals surface area contributed by atoms with E-state index in [4.69, 9.17) is 16.3 Å². The van der Waals surface area contributed by atoms with Gasteiger partial charge in [0.1, 0.15) is 11.5 Å². The number of phenolic OH excluding ortho intramolecular Hbond substituents is 1. The third-order valence-corrected chi connectivity index (χ3v) is 4.94. The van der Waals surface area contributed by atoms with Crippen molar-refractivity contribution in [2.45, 2.75) is 39.5 Å². The van der Waals surface area contributed by atoms with Crippen molar-refractivity contribution in [3.8, 4) is 11.5 Å². The van der Waals surface area contributed by atoms with E-state index >= 15 is 0 Å². The van der Waals surface area contributed by atoms with E-state index in [2.05, 4.69) is 20.8 Å². The summed E-state index contributed by atoms with van der Waals surface area (Å²) in [4.78, 5) is 13.2. The molecule has 0 bridgehead atoms. The smallest absolute Gasteiger partial charge is 0.259 e. The highest BCUT2D eigenvalue weighted by molar-refractivity contribution is 6.31. The van der Waals surface area contributed by atoms with Gasteiger partial charge in [0.2, 0.25) is 0 Å². The molecule has 0 saturated heterocycles. The van der Waals surface area contributed by atoms with Crippen LogP contribution in [-0.2, 0) is 17.6 Å². The van der Waals surface area contributed by atoms with Crippen LogP contribution in [0.5, 0.6) is 11.5 Å². The number of likely N-dealkylation sites (N-methyl/N-ethyl adjacent to an activating group) is 1. The summed E-state index contributed by atoms with van der Waals surface area (Å²) in [7, 11) is 3.39. The molecule has 0 unspecified atom stereocenters. The van der Waals surface area contributed by atoms with E-state index in [1.807, 2.05) is 18.2 Å². The minimum atomic E-state index is -0.0986. The van der Waals surface area contributed by atoms with Gasteiger partial charge in [0.15, 0.2) is 6.61 Å². The molecule has 0 spiro atoms. The van der Waals surface area contributed by atoms with Crippen LogP contribution in [0.4, 0.5) is 0 Å². The van der Waals surface area contributed by atoms with Crippen molar-refractivity contribution < 1.29 is 14.6 Å². The Morgan fingerprint density at radius 1 is 1.22 bits per heavy atom. The summed E-state index contributed by atoms with van der Waals surface area (Å²) in [5, 5.41) is 10.7. The fourth-order valence-corrected chi connectivity index (χ4v) is 3.21. The van der Waals surface area contributed by atoms with Crippen molar-refractivity contribution in [3.05, 3.63) is 57.6 Å². The zero-order valence-corrected chi connectivity index (χ0v) is 17.4. The fraction of sp³-hybridized carbons (Fsp3) is 0.409. The Labute approximate surface area is 166 Å². The molecule has 0 aliphatic rings. The van der Waals surface area contributed by atoms with Gasteiger partial charge in [0.25, 0.3) is 5.91 Å². The third kappa shape index (κ3) is 5.39. The summed E-state index contributed by atoms with van der Waals surface area (Å²) in [5.41, 5.74) is 4.17. The second-order valence-corrected chi connectivity index (χ2v) is 7.61. The van der Waals surface area contributed by atoms with Gasteiger partial charge >= 0.3 is 0 Å². The average molecular weight is 390 g/mol. The molecule has 0 aliphatic heterocycles. The van der Waals surface area contributed by atoms with Gasteiger partial charge in [-0.3, -0.25) is 4.79 Å². The Morgan fingerprint density at radius 2 is 1.93 bits per heavy atom. The highest BCUT2D eigenvalue weighted by Gasteiger charge is 2.14. The number of benzene rings is 2. The lowest BCUT2D eigenvalue weighted by atomic mass is 9.94. The SMILES string of the molecule is CCc1cc(OCC(=O)N(C)C)cc(Cl)c1Cc1ccc(O)c(C(C)C)c1. The Bertz CT molecular complexity index is 815. The van der Waals surface area contributed by atoms with E-state index in [1.54, 1.807) is 26.2 Å². The number of carbonyl (C=O) groups excluding carboxylic acids is 1. The Kier molecular flexibility index (Phi) is 7.14. The molecule has 2 aromatic carbocycles. The third-order valence-electron chi connectivity index (χ3n) is 4.60. The maximum Gasteiger partial charge on any atom is 0.259 e. The lowest BCUT2D eigenvalue weighted by Gasteiger charge is -2.16. The normalized spacial score (nSPS) is 10.9. The number of aryl methyl sites for hydroxylation is 1. The molecule has 27 heavy (non-hydrogen) atoms. The summed E-state index contributed by atoms with van der Waals surface area (Å²) >= 11 is 6.55. The number of nitrogens with zero attached hydrogens (tertiary/aromatic N) is 1. The Balaban J connectivity index is 2.27. The molecule has 2 aromatic rings. The van der Waals surface area contributed by atoms with Crippen LogP contribution in [0.2, 0.25) is 5.02 Å². The topological polar surface area (TPSA) is 49.8 Å². The summed E-state index contributed by atoms with van der Waals surface area (Å²) in [6.45, 7) is 6.18. The van der Waals surface area contributed by atoms with Crippen LogP contribution in [0.25, 0.3) is 0 Å². The Hall–Kier alpha value is -2.20. The van der Waals surface area contributed by atoms with Crippen LogP contribution in [0.15, 0.2) is 30.3 Å². The van der Waals surface area contributed by atoms with Crippen molar-refractivity contribution >= 4 is 17.5 Å². The summed E-state index contributed by atoms with van der Waals surface area (Å²) < 4.78 is 5.62. The number of ether oxygens (including phenoxy) is 1. The highest BCUT2D eigenvalue weighted by atomic mass is 35.5. The molecule has 0 radical (unpaired) electrons. The van der Waals surface area contributed by atoms with Gasteiger partial charge in [-0.25, -0.2) is 0 Å². The number of amides is 1. The number of phenols is 1. The van der Waals surface area contributed by atoms with Gasteiger partial charge in [-0.05, 0) is 59.2 Å². The first kappa shape index (κ1) is 21.1. The summed E-state index contributed by atoms with van der Waals surface area (Å²) in [6.07, 6.45) is 1.49. The molecule has 1 N–H and O–H groups in total. The first-order valence-electron chi connectivity index (χ1n) is 9.18. The first-order chi connectivity index (χ1) is 12.7. The van der Waals surface area contributed by atoms with Gasteiger partial charge in [-0.1, -0.05) is 44.5 Å². The van der Waals surface area contributed by atoms with Crippen molar-refractivity contribution in [1.82, 2.24) is 4.90 Å². The number of hydrogen-bond acceptors (Lipinski definition) is 3. The molecular weight excluding hydrogens is 362 g/mol. The van der Waals surface area contributed by atoms with Crippen molar-refractivity contribution in [1.29, 1.82) is 0 Å². The first-order valence-corrected chi connectivity index (χ1v) is 9.56. The molecule has 4 nitrogen and oxygen atoms in total. The maximum atomic E-state index is 11.7. The van der Waals surface area contributed by atoms with Gasteiger partial charge < -0.3 is 14.7 Å². The molecule has 146 valence electrons. The van der Waals surface area contributed by atoms with E-state index in [0.717, 1.165) is 28.7 Å². The molecule has 2 rings (SSSR count). The van der Waals surface area contributed by atoms with Crippen LogP contribution in [0, 0.1) is 0 Å². The second-order valence-electron chi connectivity index (χ2n) is 7.20. The minimum Gasteiger partial charge on any atom is -0.508 e. The Morgan fingerprint density at radius 3 is 2.52 bits per heavy atom. The van der Waals surface area contributed by atoms with Crippen molar-refractivity contribution in [3.63, 3.8) is 0 Å². The van der Waals surface area contributed by atoms with Gasteiger partial charge in [0, 0.05) is 19.1 Å². The standard InChI is InChI=1S/C22H28ClNO3/c1-6-16-11-17(27-13-22(26)24(4)5)12-20(23)19(16)10-15-7-8-21(25)18(9-15)14(2)3/h7-9,11-12,14,25H,6,10,13H2,1-5H3. The number of hydrogen-bond donors (Lipinski definition) is 1. The average Bonchev–Trinajstić information content (AvgIpc) is 2.62. The van der Waals surface area contributed by atoms with Crippen LogP contribution in [0.1, 0.15) is 48.9 Å². The van der Waals surface area contributed by atoms with E-state index < -0.39 is 0 Å². The van der Waals surface area contributed by atoms with Crippen LogP contribution in [0.3, 0.4) is 0 Å². The van der Waals surface area contributed by atoms with Crippen LogP contribution < -0.4 is 4.74 Å². The van der Waals surface area contributed by atoms with E-state index in [1.165, 1.54) is 4.90 Å². The largest absolute Gasteiger partial charge is 0.508 e. The van der Waals surface area contributed by atoms with Gasteiger partial charge in [-0.15, -0.1) is 0 Å². The minimum absolute atomic E-state index is 0.0124. The molecule has 0 aromatic heterocycles. The highest BCUT2D eigenvalue weighted by Crippen LogP contribution is 2.32. The van der Waals surface area contributed by atoms with E-state index in [9.17, 15) is 9.90 Å². The number of rotatable bonds is 7. The molecule has 1 amide bonds. The predicted octanol–water partition coefficient (Wildman–Crippen LogP) is 4.79. The number of halogens is 1. The van der Waals surface area contributed by atoms with Crippen molar-refractivity contribution in [2.75, 3.05) is 20.7 Å². The summed E-state index contributed by atoms with van der Waals surface area (Å²) in [6, 6.07) is 9.43. The lowest BCUT2D eigenvalue weighted by molar-refractivity contribution is -0.130. The van der Waals surface area contributed by atoms with E-state index in [0.29, 0.717) is 22.9 Å². The lowest BCUT2D eigenvalue weighted by Crippen LogP contribution is -2.27. The van der Waals surface area contributed by atoms with Gasteiger partial charge in [0.05, 0.1) is 0 Å². The molecule has 0 fully saturated rings. The van der Waals surface area contributed by atoms with E-state index in [-0.39, 0.29) is 18.4 Å².